The van der Waals surface area contributed by atoms with Crippen LogP contribution in [0.15, 0.2) is 58.6 Å². The van der Waals surface area contributed by atoms with Gasteiger partial charge in [-0.05, 0) is 57.9 Å². The van der Waals surface area contributed by atoms with E-state index in [2.05, 4.69) is 38.4 Å². The summed E-state index contributed by atoms with van der Waals surface area (Å²) in [4.78, 5) is 23.2. The van der Waals surface area contributed by atoms with Gasteiger partial charge in [-0.1, -0.05) is 12.7 Å². The summed E-state index contributed by atoms with van der Waals surface area (Å²) in [6, 6.07) is 10.0. The normalized spacial score (nSPS) is 10.4. The van der Waals surface area contributed by atoms with Gasteiger partial charge in [0.15, 0.2) is 11.5 Å². The number of hydrogen-bond acceptors (Lipinski definition) is 5. The molecule has 0 fully saturated rings. The topological polar surface area (TPSA) is 89.0 Å². The van der Waals surface area contributed by atoms with Crippen LogP contribution in [0, 0.1) is 0 Å². The lowest BCUT2D eigenvalue weighted by molar-refractivity contribution is -0.114. The maximum Gasteiger partial charge on any atom is 0.271 e. The van der Waals surface area contributed by atoms with Gasteiger partial charge in [-0.2, -0.15) is 5.10 Å². The quantitative estimate of drug-likeness (QED) is 0.367. The summed E-state index contributed by atoms with van der Waals surface area (Å²) in [7, 11) is 1.54. The lowest BCUT2D eigenvalue weighted by Crippen LogP contribution is -2.17. The number of hydrazone groups is 1. The molecule has 0 radical (unpaired) electrons. The molecule has 0 bridgehead atoms. The summed E-state index contributed by atoms with van der Waals surface area (Å²) in [5, 5.41) is 6.61. The number of methoxy groups -OCH3 is 1. The van der Waals surface area contributed by atoms with E-state index in [1.54, 1.807) is 42.5 Å². The van der Waals surface area contributed by atoms with Gasteiger partial charge in [0.2, 0.25) is 5.91 Å². The number of carbonyl (C=O) groups excluding carboxylic acids is 2. The number of hydrogen-bond donors (Lipinski definition) is 2. The Hall–Kier alpha value is -3.13. The fourth-order valence-electron chi connectivity index (χ4n) is 2.23. The number of carbonyl (C=O) groups is 2. The lowest BCUT2D eigenvalue weighted by Gasteiger charge is -2.12. The van der Waals surface area contributed by atoms with Gasteiger partial charge in [-0.3, -0.25) is 9.59 Å². The Kier molecular flexibility index (Phi) is 7.76. The van der Waals surface area contributed by atoms with Crippen LogP contribution < -0.4 is 20.2 Å². The molecule has 0 saturated carbocycles. The van der Waals surface area contributed by atoms with E-state index in [4.69, 9.17) is 9.47 Å². The molecule has 0 aliphatic rings. The molecule has 0 unspecified atom stereocenters. The van der Waals surface area contributed by atoms with Crippen LogP contribution in [0.3, 0.4) is 0 Å². The van der Waals surface area contributed by atoms with Crippen LogP contribution in [0.25, 0.3) is 0 Å². The van der Waals surface area contributed by atoms with Crippen LogP contribution in [0.2, 0.25) is 0 Å². The number of benzene rings is 2. The molecular formula is C20H20BrN3O4. The van der Waals surface area contributed by atoms with Gasteiger partial charge in [0.1, 0.15) is 6.61 Å². The van der Waals surface area contributed by atoms with Crippen molar-refractivity contribution in [2.75, 3.05) is 19.0 Å². The summed E-state index contributed by atoms with van der Waals surface area (Å²) in [5.41, 5.74) is 4.19. The van der Waals surface area contributed by atoms with Crippen molar-refractivity contribution in [2.45, 2.75) is 6.92 Å². The first kappa shape index (κ1) is 21.2. The Morgan fingerprint density at radius 2 is 1.96 bits per heavy atom. The van der Waals surface area contributed by atoms with Gasteiger partial charge < -0.3 is 14.8 Å². The van der Waals surface area contributed by atoms with Crippen molar-refractivity contribution >= 4 is 39.6 Å². The van der Waals surface area contributed by atoms with E-state index >= 15 is 0 Å². The molecule has 0 aliphatic heterocycles. The van der Waals surface area contributed by atoms with E-state index in [0.717, 1.165) is 0 Å². The van der Waals surface area contributed by atoms with Gasteiger partial charge in [-0.15, -0.1) is 0 Å². The molecule has 0 aromatic heterocycles. The standard InChI is InChI=1S/C20H20BrN3O4/c1-4-9-28-19-17(21)10-14(11-18(19)27-3)12-22-24-20(26)15-5-7-16(8-6-15)23-13(2)25/h4-8,10-12H,1,9H2,2-3H3,(H,23,25)(H,24,26). The second-order valence-electron chi connectivity index (χ2n) is 5.59. The minimum Gasteiger partial charge on any atom is -0.493 e. The molecule has 8 heteroatoms. The molecule has 7 nitrogen and oxygen atoms in total. The molecule has 2 aromatic carbocycles. The first-order valence-electron chi connectivity index (χ1n) is 8.27. The Morgan fingerprint density at radius 1 is 1.25 bits per heavy atom. The number of rotatable bonds is 8. The molecule has 2 amide bonds. The fraction of sp³-hybridized carbons (Fsp3) is 0.150. The zero-order valence-electron chi connectivity index (χ0n) is 15.5. The van der Waals surface area contributed by atoms with Crippen LogP contribution in [0.5, 0.6) is 11.5 Å². The van der Waals surface area contributed by atoms with Crippen molar-refractivity contribution in [1.82, 2.24) is 5.43 Å². The number of nitrogens with one attached hydrogen (secondary N) is 2. The lowest BCUT2D eigenvalue weighted by atomic mass is 10.2. The SMILES string of the molecule is C=CCOc1c(Br)cc(C=NNC(=O)c2ccc(NC(C)=O)cc2)cc1OC. The van der Waals surface area contributed by atoms with E-state index in [1.807, 2.05) is 0 Å². The van der Waals surface area contributed by atoms with Crippen molar-refractivity contribution in [1.29, 1.82) is 0 Å². The van der Waals surface area contributed by atoms with Crippen LogP contribution in [-0.4, -0.2) is 31.7 Å². The van der Waals surface area contributed by atoms with Crippen molar-refractivity contribution in [3.05, 3.63) is 64.7 Å². The van der Waals surface area contributed by atoms with Crippen LogP contribution in [-0.2, 0) is 4.79 Å². The zero-order chi connectivity index (χ0) is 20.5. The second-order valence-corrected chi connectivity index (χ2v) is 6.45. The molecule has 0 spiro atoms. The van der Waals surface area contributed by atoms with Gasteiger partial charge >= 0.3 is 0 Å². The Morgan fingerprint density at radius 3 is 2.57 bits per heavy atom. The number of ether oxygens (including phenoxy) is 2. The smallest absolute Gasteiger partial charge is 0.271 e. The summed E-state index contributed by atoms with van der Waals surface area (Å²) in [5.74, 6) is 0.535. The Labute approximate surface area is 171 Å². The third-order valence-electron chi connectivity index (χ3n) is 3.44. The highest BCUT2D eigenvalue weighted by molar-refractivity contribution is 9.10. The van der Waals surface area contributed by atoms with E-state index in [1.165, 1.54) is 20.2 Å². The highest BCUT2D eigenvalue weighted by atomic mass is 79.9. The summed E-state index contributed by atoms with van der Waals surface area (Å²) < 4.78 is 11.6. The van der Waals surface area contributed by atoms with Crippen LogP contribution in [0.1, 0.15) is 22.8 Å². The summed E-state index contributed by atoms with van der Waals surface area (Å²) in [6.07, 6.45) is 3.13. The molecular weight excluding hydrogens is 426 g/mol. The van der Waals surface area contributed by atoms with Crippen LogP contribution in [0.4, 0.5) is 5.69 Å². The van der Waals surface area contributed by atoms with E-state index < -0.39 is 0 Å². The first-order chi connectivity index (χ1) is 13.4. The molecule has 0 atom stereocenters. The van der Waals surface area contributed by atoms with Gasteiger partial charge in [0.05, 0.1) is 17.8 Å². The third-order valence-corrected chi connectivity index (χ3v) is 4.03. The van der Waals surface area contributed by atoms with E-state index in [0.29, 0.717) is 39.4 Å². The van der Waals surface area contributed by atoms with Crippen molar-refractivity contribution < 1.29 is 19.1 Å². The van der Waals surface area contributed by atoms with Crippen LogP contribution >= 0.6 is 15.9 Å². The number of anilines is 1. The van der Waals surface area contributed by atoms with Gasteiger partial charge in [0, 0.05) is 18.2 Å². The average molecular weight is 446 g/mol. The minimum atomic E-state index is -0.373. The third kappa shape index (κ3) is 5.95. The number of amides is 2. The molecule has 2 rings (SSSR count). The van der Waals surface area contributed by atoms with Gasteiger partial charge in [0.25, 0.3) is 5.91 Å². The maximum absolute atomic E-state index is 12.2. The maximum atomic E-state index is 12.2. The second kappa shape index (κ2) is 10.3. The Bertz CT molecular complexity index is 895. The van der Waals surface area contributed by atoms with E-state index in [-0.39, 0.29) is 11.8 Å². The predicted octanol–water partition coefficient (Wildman–Crippen LogP) is 3.74. The molecule has 0 aliphatic carbocycles. The number of nitrogens with zero attached hydrogens (tertiary/aromatic N) is 1. The molecule has 0 saturated heterocycles. The summed E-state index contributed by atoms with van der Waals surface area (Å²) >= 11 is 3.43. The number of halogens is 1. The Balaban J connectivity index is 2.05. The molecule has 0 heterocycles. The fourth-order valence-corrected chi connectivity index (χ4v) is 2.81. The highest BCUT2D eigenvalue weighted by Gasteiger charge is 2.11. The summed E-state index contributed by atoms with van der Waals surface area (Å²) in [6.45, 7) is 5.38. The molecule has 2 N–H and O–H groups in total. The van der Waals surface area contributed by atoms with Crippen molar-refractivity contribution in [3.63, 3.8) is 0 Å². The average Bonchev–Trinajstić information content (AvgIpc) is 2.66. The van der Waals surface area contributed by atoms with E-state index in [9.17, 15) is 9.59 Å². The first-order valence-corrected chi connectivity index (χ1v) is 9.06. The van der Waals surface area contributed by atoms with Gasteiger partial charge in [-0.25, -0.2) is 5.43 Å². The molecule has 146 valence electrons. The largest absolute Gasteiger partial charge is 0.493 e. The monoisotopic (exact) mass is 445 g/mol. The molecule has 2 aromatic rings. The predicted molar refractivity (Wildman–Crippen MR) is 112 cm³/mol. The molecule has 28 heavy (non-hydrogen) atoms. The van der Waals surface area contributed by atoms with Crippen molar-refractivity contribution in [2.24, 2.45) is 5.10 Å². The van der Waals surface area contributed by atoms with Crippen molar-refractivity contribution in [3.8, 4) is 11.5 Å². The zero-order valence-corrected chi connectivity index (χ0v) is 17.1. The minimum absolute atomic E-state index is 0.177. The highest BCUT2D eigenvalue weighted by Crippen LogP contribution is 2.36.